The van der Waals surface area contributed by atoms with Crippen LogP contribution in [0.15, 0.2) is 60.1 Å². The Bertz CT molecular complexity index is 1590. The number of anilines is 3. The molecule has 9 heteroatoms. The van der Waals surface area contributed by atoms with Crippen molar-refractivity contribution in [3.8, 4) is 23.0 Å². The van der Waals surface area contributed by atoms with Crippen molar-refractivity contribution < 1.29 is 14.3 Å². The Labute approximate surface area is 238 Å². The molecule has 0 saturated carbocycles. The van der Waals surface area contributed by atoms with Crippen LogP contribution >= 0.6 is 11.3 Å². The van der Waals surface area contributed by atoms with E-state index >= 15 is 0 Å². The number of nitrogens with two attached hydrogens (primary N) is 1. The summed E-state index contributed by atoms with van der Waals surface area (Å²) in [6.45, 7) is 10.1. The van der Waals surface area contributed by atoms with E-state index in [0.717, 1.165) is 38.0 Å². The summed E-state index contributed by atoms with van der Waals surface area (Å²) in [7, 11) is 0. The maximum atomic E-state index is 12.4. The number of nitrogens with zero attached hydrogens (tertiary/aromatic N) is 2. The van der Waals surface area contributed by atoms with E-state index in [4.69, 9.17) is 10.5 Å². The number of nitrogens with one attached hydrogen (secondary N) is 2. The second-order valence-corrected chi connectivity index (χ2v) is 11.1. The number of rotatable bonds is 5. The highest BCUT2D eigenvalue weighted by Crippen LogP contribution is 2.38. The second kappa shape index (κ2) is 12.1. The van der Waals surface area contributed by atoms with Gasteiger partial charge in [0.25, 0.3) is 0 Å². The van der Waals surface area contributed by atoms with Gasteiger partial charge < -0.3 is 21.1 Å². The Hall–Kier alpha value is -4.55. The Morgan fingerprint density at radius 2 is 1.82 bits per heavy atom. The molecule has 2 heterocycles. The summed E-state index contributed by atoms with van der Waals surface area (Å²) in [5, 5.41) is 8.55. The molecule has 0 bridgehead atoms. The smallest absolute Gasteiger partial charge is 0.411 e. The van der Waals surface area contributed by atoms with Crippen LogP contribution < -0.4 is 16.4 Å². The number of urea groups is 1. The maximum Gasteiger partial charge on any atom is 0.411 e. The third kappa shape index (κ3) is 7.10. The molecule has 0 atom stereocenters. The molecular weight excluding hydrogens is 522 g/mol. The average Bonchev–Trinajstić information content (AvgIpc) is 3.33. The van der Waals surface area contributed by atoms with E-state index in [1.807, 2.05) is 88.5 Å². The van der Waals surface area contributed by atoms with E-state index in [2.05, 4.69) is 27.5 Å². The fourth-order valence-electron chi connectivity index (χ4n) is 3.98. The number of carbonyl (C=O) groups excluding carboxylic acids is 2. The third-order valence-corrected chi connectivity index (χ3v) is 6.89. The highest BCUT2D eigenvalue weighted by molar-refractivity contribution is 7.18. The number of fused-ring (bicyclic) bond motifs is 1. The van der Waals surface area contributed by atoms with Crippen LogP contribution in [0.2, 0.25) is 0 Å². The minimum absolute atomic E-state index is 0.238. The van der Waals surface area contributed by atoms with Crippen molar-refractivity contribution in [3.05, 3.63) is 71.2 Å². The average molecular weight is 556 g/mol. The Morgan fingerprint density at radius 3 is 2.50 bits per heavy atom. The van der Waals surface area contributed by atoms with Crippen LogP contribution in [0.25, 0.3) is 21.2 Å². The quantitative estimate of drug-likeness (QED) is 0.227. The number of aryl methyl sites for hydroxylation is 1. The Balaban J connectivity index is 1.50. The van der Waals surface area contributed by atoms with E-state index in [1.165, 1.54) is 11.3 Å². The molecule has 4 N–H and O–H groups in total. The maximum absolute atomic E-state index is 12.4. The third-order valence-electron chi connectivity index (χ3n) is 5.88. The van der Waals surface area contributed by atoms with Crippen LogP contribution in [0, 0.1) is 18.8 Å². The summed E-state index contributed by atoms with van der Waals surface area (Å²) in [5.41, 5.74) is 10.8. The molecule has 4 aromatic rings. The van der Waals surface area contributed by atoms with Crippen molar-refractivity contribution in [1.82, 2.24) is 9.88 Å². The van der Waals surface area contributed by atoms with Gasteiger partial charge in [0.2, 0.25) is 0 Å². The zero-order chi connectivity index (χ0) is 28.9. The fraction of sp³-hybridized carbons (Fsp3) is 0.258. The van der Waals surface area contributed by atoms with E-state index in [-0.39, 0.29) is 12.6 Å². The standard InChI is InChI=1S/C31H33N5O3S/c1-6-36(30(38)39-31(3,4)5)16-8-10-22-18-33-28(32)26-25(19-40-27(22)26)21-12-14-23(15-13-21)34-29(37)35-24-11-7-9-20(2)17-24/h7,9,11-15,17-19H,6,16H2,1-5H3,(H2,32,33)(H2,34,35,37). The number of hydrogen-bond donors (Lipinski definition) is 3. The lowest BCUT2D eigenvalue weighted by Crippen LogP contribution is -2.36. The summed E-state index contributed by atoms with van der Waals surface area (Å²) in [6.07, 6.45) is 1.27. The number of hydrogen-bond acceptors (Lipinski definition) is 6. The molecule has 2 aromatic carbocycles. The molecule has 0 radical (unpaired) electrons. The number of amides is 3. The molecule has 0 aliphatic rings. The summed E-state index contributed by atoms with van der Waals surface area (Å²) in [5.74, 6) is 6.65. The van der Waals surface area contributed by atoms with Gasteiger partial charge in [0.1, 0.15) is 11.4 Å². The van der Waals surface area contributed by atoms with Gasteiger partial charge in [-0.1, -0.05) is 36.1 Å². The SMILES string of the molecule is CCN(CC#Cc1cnc(N)c2c(-c3ccc(NC(=O)Nc4cccc(C)c4)cc3)csc12)C(=O)OC(C)(C)C. The molecule has 4 rings (SSSR count). The first-order valence-electron chi connectivity index (χ1n) is 12.9. The topological polar surface area (TPSA) is 110 Å². The van der Waals surface area contributed by atoms with Crippen LogP contribution in [0.4, 0.5) is 26.8 Å². The molecule has 2 aromatic heterocycles. The summed E-state index contributed by atoms with van der Waals surface area (Å²) in [6, 6.07) is 14.9. The first-order valence-corrected chi connectivity index (χ1v) is 13.8. The van der Waals surface area contributed by atoms with Gasteiger partial charge >= 0.3 is 12.1 Å². The zero-order valence-electron chi connectivity index (χ0n) is 23.3. The zero-order valence-corrected chi connectivity index (χ0v) is 24.1. The van der Waals surface area contributed by atoms with Gasteiger partial charge in [-0.3, -0.25) is 4.90 Å². The van der Waals surface area contributed by atoms with E-state index in [9.17, 15) is 9.59 Å². The molecule has 0 unspecified atom stereocenters. The van der Waals surface area contributed by atoms with Crippen LogP contribution in [0.3, 0.4) is 0 Å². The lowest BCUT2D eigenvalue weighted by Gasteiger charge is -2.25. The lowest BCUT2D eigenvalue weighted by molar-refractivity contribution is 0.0285. The molecule has 0 aliphatic heterocycles. The van der Waals surface area contributed by atoms with Gasteiger partial charge in [0.05, 0.1) is 16.8 Å². The molecule has 0 saturated heterocycles. The van der Waals surface area contributed by atoms with E-state index in [0.29, 0.717) is 18.1 Å². The predicted octanol–water partition coefficient (Wildman–Crippen LogP) is 7.11. The largest absolute Gasteiger partial charge is 0.444 e. The van der Waals surface area contributed by atoms with Gasteiger partial charge in [-0.2, -0.15) is 0 Å². The molecule has 206 valence electrons. The fourth-order valence-corrected chi connectivity index (χ4v) is 5.03. The summed E-state index contributed by atoms with van der Waals surface area (Å²) >= 11 is 1.54. The lowest BCUT2D eigenvalue weighted by atomic mass is 10.0. The number of pyridine rings is 1. The molecule has 0 aliphatic carbocycles. The first kappa shape index (κ1) is 28.5. The van der Waals surface area contributed by atoms with Crippen molar-refractivity contribution in [2.24, 2.45) is 0 Å². The van der Waals surface area contributed by atoms with Crippen molar-refractivity contribution in [3.63, 3.8) is 0 Å². The minimum Gasteiger partial charge on any atom is -0.444 e. The van der Waals surface area contributed by atoms with E-state index < -0.39 is 11.7 Å². The molecule has 40 heavy (non-hydrogen) atoms. The molecule has 8 nitrogen and oxygen atoms in total. The van der Waals surface area contributed by atoms with Crippen molar-refractivity contribution >= 4 is 50.7 Å². The first-order chi connectivity index (χ1) is 19.0. The highest BCUT2D eigenvalue weighted by atomic mass is 32.1. The molecule has 0 fully saturated rings. The van der Waals surface area contributed by atoms with Gasteiger partial charge in [0, 0.05) is 35.1 Å². The van der Waals surface area contributed by atoms with Gasteiger partial charge in [0.15, 0.2) is 0 Å². The van der Waals surface area contributed by atoms with Gasteiger partial charge in [-0.15, -0.1) is 11.3 Å². The Morgan fingerprint density at radius 1 is 1.10 bits per heavy atom. The van der Waals surface area contributed by atoms with E-state index in [1.54, 1.807) is 11.1 Å². The van der Waals surface area contributed by atoms with Gasteiger partial charge in [-0.05, 0) is 75.4 Å². The van der Waals surface area contributed by atoms with Crippen LogP contribution in [-0.2, 0) is 4.74 Å². The van der Waals surface area contributed by atoms with Crippen molar-refractivity contribution in [2.45, 2.75) is 40.2 Å². The van der Waals surface area contributed by atoms with Crippen molar-refractivity contribution in [2.75, 3.05) is 29.5 Å². The van der Waals surface area contributed by atoms with Crippen LogP contribution in [0.5, 0.6) is 0 Å². The predicted molar refractivity (Wildman–Crippen MR) is 164 cm³/mol. The highest BCUT2D eigenvalue weighted by Gasteiger charge is 2.20. The Kier molecular flexibility index (Phi) is 8.61. The summed E-state index contributed by atoms with van der Waals surface area (Å²) < 4.78 is 6.38. The normalized spacial score (nSPS) is 10.9. The van der Waals surface area contributed by atoms with Crippen LogP contribution in [0.1, 0.15) is 38.8 Å². The number of benzene rings is 2. The van der Waals surface area contributed by atoms with Gasteiger partial charge in [-0.25, -0.2) is 14.6 Å². The number of aromatic nitrogens is 1. The second-order valence-electron chi connectivity index (χ2n) is 10.2. The number of carbonyl (C=O) groups is 2. The minimum atomic E-state index is -0.569. The van der Waals surface area contributed by atoms with Crippen molar-refractivity contribution in [1.29, 1.82) is 0 Å². The number of nitrogen functional groups attached to an aromatic ring is 1. The molecule has 0 spiro atoms. The summed E-state index contributed by atoms with van der Waals surface area (Å²) in [4.78, 5) is 30.8. The number of ether oxygens (including phenoxy) is 1. The molecular formula is C31H33N5O3S. The van der Waals surface area contributed by atoms with Crippen LogP contribution in [-0.4, -0.2) is 40.7 Å². The monoisotopic (exact) mass is 555 g/mol. The number of thiophene rings is 1. The molecule has 3 amide bonds.